The Morgan fingerprint density at radius 1 is 1.53 bits per heavy atom. The normalized spacial score (nSPS) is 9.88. The maximum absolute atomic E-state index is 12.1. The summed E-state index contributed by atoms with van der Waals surface area (Å²) < 4.78 is 33.1. The number of rotatable bonds is 3. The number of esters is 1. The van der Waals surface area contributed by atoms with E-state index in [9.17, 15) is 13.6 Å². The van der Waals surface area contributed by atoms with E-state index in [1.165, 1.54) is 6.07 Å². The molecule has 17 heavy (non-hydrogen) atoms. The summed E-state index contributed by atoms with van der Waals surface area (Å²) in [5.41, 5.74) is -0.105. The molecule has 0 aliphatic rings. The average Bonchev–Trinajstić information content (AvgIpc) is 2.29. The maximum Gasteiger partial charge on any atom is 0.387 e. The van der Waals surface area contributed by atoms with Gasteiger partial charge < -0.3 is 9.47 Å². The Hall–Kier alpha value is -1.68. The quantitative estimate of drug-likeness (QED) is 0.806. The zero-order valence-corrected chi connectivity index (χ0v) is 10.1. The van der Waals surface area contributed by atoms with Crippen LogP contribution >= 0.6 is 15.9 Å². The van der Waals surface area contributed by atoms with Crippen LogP contribution in [0.15, 0.2) is 16.6 Å². The SMILES string of the molecule is COC(=O)c1cc(Br)c(C#N)cc1OC(F)F. The van der Waals surface area contributed by atoms with Crippen molar-refractivity contribution in [1.29, 1.82) is 5.26 Å². The zero-order valence-electron chi connectivity index (χ0n) is 8.54. The number of halogens is 3. The van der Waals surface area contributed by atoms with Crippen molar-refractivity contribution in [2.24, 2.45) is 0 Å². The summed E-state index contributed by atoms with van der Waals surface area (Å²) in [5.74, 6) is -1.22. The largest absolute Gasteiger partial charge is 0.465 e. The smallest absolute Gasteiger partial charge is 0.387 e. The second kappa shape index (κ2) is 5.59. The molecule has 0 unspecified atom stereocenters. The van der Waals surface area contributed by atoms with E-state index in [1.807, 2.05) is 0 Å². The lowest BCUT2D eigenvalue weighted by Gasteiger charge is -2.10. The van der Waals surface area contributed by atoms with Crippen molar-refractivity contribution >= 4 is 21.9 Å². The first-order chi connectivity index (χ1) is 7.99. The minimum Gasteiger partial charge on any atom is -0.465 e. The number of methoxy groups -OCH3 is 1. The Labute approximate surface area is 104 Å². The van der Waals surface area contributed by atoms with Gasteiger partial charge in [0.2, 0.25) is 0 Å². The van der Waals surface area contributed by atoms with Crippen molar-refractivity contribution in [3.05, 3.63) is 27.7 Å². The monoisotopic (exact) mass is 305 g/mol. The Morgan fingerprint density at radius 3 is 2.65 bits per heavy atom. The number of carbonyl (C=O) groups is 1. The van der Waals surface area contributed by atoms with E-state index in [1.54, 1.807) is 6.07 Å². The molecule has 0 fully saturated rings. The van der Waals surface area contributed by atoms with Crippen LogP contribution in [0.4, 0.5) is 8.78 Å². The van der Waals surface area contributed by atoms with Gasteiger partial charge in [-0.15, -0.1) is 0 Å². The van der Waals surface area contributed by atoms with Crippen molar-refractivity contribution in [3.63, 3.8) is 0 Å². The molecular formula is C10H6BrF2NO3. The number of carbonyl (C=O) groups excluding carboxylic acids is 1. The van der Waals surface area contributed by atoms with Crippen LogP contribution in [-0.4, -0.2) is 19.7 Å². The van der Waals surface area contributed by atoms with Crippen LogP contribution in [-0.2, 0) is 4.74 Å². The number of alkyl halides is 2. The molecule has 0 saturated heterocycles. The third kappa shape index (κ3) is 3.14. The summed E-state index contributed by atoms with van der Waals surface area (Å²) in [6.07, 6.45) is 0. The van der Waals surface area contributed by atoms with Gasteiger partial charge in [0.25, 0.3) is 0 Å². The van der Waals surface area contributed by atoms with E-state index in [0.29, 0.717) is 4.47 Å². The van der Waals surface area contributed by atoms with Crippen LogP contribution in [0.3, 0.4) is 0 Å². The van der Waals surface area contributed by atoms with E-state index in [4.69, 9.17) is 5.26 Å². The second-order valence-electron chi connectivity index (χ2n) is 2.81. The van der Waals surface area contributed by atoms with Gasteiger partial charge in [-0.1, -0.05) is 0 Å². The topological polar surface area (TPSA) is 59.3 Å². The lowest BCUT2D eigenvalue weighted by molar-refractivity contribution is -0.0504. The summed E-state index contributed by atoms with van der Waals surface area (Å²) in [6.45, 7) is -3.09. The highest BCUT2D eigenvalue weighted by Crippen LogP contribution is 2.28. The first-order valence-electron chi connectivity index (χ1n) is 4.26. The minimum atomic E-state index is -3.09. The molecule has 0 aliphatic carbocycles. The molecule has 0 N–H and O–H groups in total. The molecule has 1 aromatic rings. The molecule has 7 heteroatoms. The number of hydrogen-bond acceptors (Lipinski definition) is 4. The van der Waals surface area contributed by atoms with Gasteiger partial charge >= 0.3 is 12.6 Å². The molecule has 1 aromatic carbocycles. The van der Waals surface area contributed by atoms with Gasteiger partial charge in [-0.3, -0.25) is 0 Å². The van der Waals surface area contributed by atoms with E-state index < -0.39 is 18.3 Å². The van der Waals surface area contributed by atoms with E-state index in [0.717, 1.165) is 13.2 Å². The fraction of sp³-hybridized carbons (Fsp3) is 0.200. The van der Waals surface area contributed by atoms with Gasteiger partial charge in [-0.2, -0.15) is 14.0 Å². The summed E-state index contributed by atoms with van der Waals surface area (Å²) in [7, 11) is 1.11. The lowest BCUT2D eigenvalue weighted by atomic mass is 10.1. The molecule has 0 radical (unpaired) electrons. The molecule has 0 atom stereocenters. The summed E-state index contributed by atoms with van der Waals surface area (Å²) in [6, 6.07) is 4.01. The van der Waals surface area contributed by atoms with E-state index in [-0.39, 0.29) is 11.1 Å². The summed E-state index contributed by atoms with van der Waals surface area (Å²) in [4.78, 5) is 11.3. The Morgan fingerprint density at radius 2 is 2.18 bits per heavy atom. The molecule has 0 aliphatic heterocycles. The number of hydrogen-bond donors (Lipinski definition) is 0. The third-order valence-corrected chi connectivity index (χ3v) is 2.47. The summed E-state index contributed by atoms with van der Waals surface area (Å²) in [5, 5.41) is 8.72. The average molecular weight is 306 g/mol. The van der Waals surface area contributed by atoms with E-state index >= 15 is 0 Å². The molecule has 0 bridgehead atoms. The summed E-state index contributed by atoms with van der Waals surface area (Å²) >= 11 is 3.03. The van der Waals surface area contributed by atoms with Gasteiger partial charge in [-0.25, -0.2) is 4.79 Å². The fourth-order valence-corrected chi connectivity index (χ4v) is 1.53. The second-order valence-corrected chi connectivity index (χ2v) is 3.66. The molecule has 0 heterocycles. The van der Waals surface area contributed by atoms with Crippen LogP contribution in [0.2, 0.25) is 0 Å². The van der Waals surface area contributed by atoms with Gasteiger partial charge in [0.1, 0.15) is 17.4 Å². The molecule has 0 amide bonds. The van der Waals surface area contributed by atoms with Gasteiger partial charge in [0.15, 0.2) is 0 Å². The standard InChI is InChI=1S/C10H6BrF2NO3/c1-16-9(15)6-3-7(11)5(4-14)2-8(6)17-10(12)13/h2-3,10H,1H3. The Kier molecular flexibility index (Phi) is 4.40. The number of nitriles is 1. The highest BCUT2D eigenvalue weighted by molar-refractivity contribution is 9.10. The van der Waals surface area contributed by atoms with Crippen molar-refractivity contribution < 1.29 is 23.0 Å². The van der Waals surface area contributed by atoms with Crippen molar-refractivity contribution in [1.82, 2.24) is 0 Å². The van der Waals surface area contributed by atoms with Gasteiger partial charge in [0.05, 0.1) is 12.7 Å². The fourth-order valence-electron chi connectivity index (χ4n) is 1.10. The maximum atomic E-state index is 12.1. The number of ether oxygens (including phenoxy) is 2. The highest BCUT2D eigenvalue weighted by Gasteiger charge is 2.19. The van der Waals surface area contributed by atoms with Crippen LogP contribution in [0, 0.1) is 11.3 Å². The van der Waals surface area contributed by atoms with Crippen LogP contribution in [0.5, 0.6) is 5.75 Å². The zero-order chi connectivity index (χ0) is 13.0. The predicted molar refractivity (Wildman–Crippen MR) is 56.8 cm³/mol. The Bertz CT molecular complexity index is 485. The number of benzene rings is 1. The molecule has 0 spiro atoms. The van der Waals surface area contributed by atoms with Crippen molar-refractivity contribution in [2.45, 2.75) is 6.61 Å². The molecule has 90 valence electrons. The predicted octanol–water partition coefficient (Wildman–Crippen LogP) is 2.71. The van der Waals surface area contributed by atoms with Crippen LogP contribution in [0.25, 0.3) is 0 Å². The first-order valence-corrected chi connectivity index (χ1v) is 5.05. The number of nitrogens with zero attached hydrogens (tertiary/aromatic N) is 1. The first kappa shape index (κ1) is 13.4. The molecule has 0 saturated carbocycles. The third-order valence-electron chi connectivity index (χ3n) is 1.81. The minimum absolute atomic E-state index is 0.0771. The molecule has 4 nitrogen and oxygen atoms in total. The van der Waals surface area contributed by atoms with E-state index in [2.05, 4.69) is 25.4 Å². The Balaban J connectivity index is 3.31. The van der Waals surface area contributed by atoms with Gasteiger partial charge in [-0.05, 0) is 22.0 Å². The lowest BCUT2D eigenvalue weighted by Crippen LogP contribution is -2.09. The molecule has 1 rings (SSSR count). The van der Waals surface area contributed by atoms with Crippen molar-refractivity contribution in [2.75, 3.05) is 7.11 Å². The molecular weight excluding hydrogens is 300 g/mol. The highest BCUT2D eigenvalue weighted by atomic mass is 79.9. The van der Waals surface area contributed by atoms with Crippen molar-refractivity contribution in [3.8, 4) is 11.8 Å². The molecule has 0 aromatic heterocycles. The van der Waals surface area contributed by atoms with Crippen LogP contribution < -0.4 is 4.74 Å². The van der Waals surface area contributed by atoms with Crippen LogP contribution in [0.1, 0.15) is 15.9 Å². The van der Waals surface area contributed by atoms with Gasteiger partial charge in [0, 0.05) is 10.5 Å².